The zero-order chi connectivity index (χ0) is 13.0. The summed E-state index contributed by atoms with van der Waals surface area (Å²) in [4.78, 5) is 0. The molecule has 0 aliphatic rings. The van der Waals surface area contributed by atoms with Gasteiger partial charge in [0.2, 0.25) is 0 Å². The topological polar surface area (TPSA) is 0 Å². The molecule has 0 aromatic rings. The normalized spacial score (nSPS) is 12.0. The summed E-state index contributed by atoms with van der Waals surface area (Å²) in [6.45, 7) is 7.11. The molecular weight excluding hydrogens is 223 g/mol. The molecule has 0 radical (unpaired) electrons. The average molecular weight is 258 g/mol. The van der Waals surface area contributed by atoms with E-state index in [0.717, 1.165) is 0 Å². The number of unbranched alkanes of at least 4 members (excludes halogenated alkanes) is 6. The third-order valence-electron chi connectivity index (χ3n) is 4.66. The predicted octanol–water partition coefficient (Wildman–Crippen LogP) is 6.20. The Labute approximate surface area is 113 Å². The summed E-state index contributed by atoms with van der Waals surface area (Å²) < 4.78 is 0. The lowest BCUT2D eigenvalue weighted by Crippen LogP contribution is -2.17. The van der Waals surface area contributed by atoms with E-state index in [-0.39, 0.29) is 0 Å². The van der Waals surface area contributed by atoms with E-state index in [9.17, 15) is 0 Å². The Bertz CT molecular complexity index is 141. The van der Waals surface area contributed by atoms with Crippen LogP contribution in [0.4, 0.5) is 0 Å². The summed E-state index contributed by atoms with van der Waals surface area (Å²) in [6.07, 6.45) is 17.0. The second-order valence-electron chi connectivity index (χ2n) is 5.57. The van der Waals surface area contributed by atoms with Gasteiger partial charge in [-0.3, -0.25) is 0 Å². The first-order valence-corrected chi connectivity index (χ1v) is 8.76. The summed E-state index contributed by atoms with van der Waals surface area (Å²) in [5.74, 6) is 0. The Hall–Kier alpha value is 0.430. The van der Waals surface area contributed by atoms with Gasteiger partial charge in [-0.2, -0.15) is 0 Å². The van der Waals surface area contributed by atoms with E-state index in [2.05, 4.69) is 30.0 Å². The molecule has 1 unspecified atom stereocenters. The first-order valence-electron chi connectivity index (χ1n) is 7.94. The number of rotatable bonds is 12. The number of hydrogen-bond donors (Lipinski definition) is 0. The minimum atomic E-state index is 0.666. The van der Waals surface area contributed by atoms with Crippen LogP contribution in [0.15, 0.2) is 0 Å². The van der Waals surface area contributed by atoms with E-state index >= 15 is 0 Å². The van der Waals surface area contributed by atoms with Crippen molar-refractivity contribution < 1.29 is 0 Å². The van der Waals surface area contributed by atoms with Gasteiger partial charge in [0, 0.05) is 0 Å². The summed E-state index contributed by atoms with van der Waals surface area (Å²) in [5.41, 5.74) is 0.666. The van der Waals surface area contributed by atoms with E-state index in [4.69, 9.17) is 0 Å². The molecular formula is C16H35P. The molecule has 0 bridgehead atoms. The van der Waals surface area contributed by atoms with Crippen molar-refractivity contribution in [2.45, 2.75) is 91.4 Å². The van der Waals surface area contributed by atoms with Crippen molar-refractivity contribution in [1.82, 2.24) is 0 Å². The second-order valence-corrected chi connectivity index (χ2v) is 6.15. The zero-order valence-corrected chi connectivity index (χ0v) is 13.7. The van der Waals surface area contributed by atoms with Gasteiger partial charge < -0.3 is 0 Å². The van der Waals surface area contributed by atoms with Crippen LogP contribution in [0.5, 0.6) is 0 Å². The first kappa shape index (κ1) is 17.4. The van der Waals surface area contributed by atoms with E-state index in [1.54, 1.807) is 0 Å². The number of hydrogen-bond acceptors (Lipinski definition) is 0. The van der Waals surface area contributed by atoms with Crippen molar-refractivity contribution in [3.8, 4) is 0 Å². The van der Waals surface area contributed by atoms with E-state index in [1.807, 2.05) is 0 Å². The van der Waals surface area contributed by atoms with Gasteiger partial charge >= 0.3 is 0 Å². The van der Waals surface area contributed by atoms with Gasteiger partial charge in [0.25, 0.3) is 0 Å². The van der Waals surface area contributed by atoms with Gasteiger partial charge in [-0.15, -0.1) is 9.24 Å². The maximum Gasteiger partial charge on any atom is -0.0305 e. The highest BCUT2D eigenvalue weighted by molar-refractivity contribution is 7.16. The first-order chi connectivity index (χ1) is 8.24. The van der Waals surface area contributed by atoms with Gasteiger partial charge in [-0.1, -0.05) is 78.6 Å². The largest absolute Gasteiger partial charge is 0.138 e. The lowest BCUT2D eigenvalue weighted by Gasteiger charge is -2.30. The Morgan fingerprint density at radius 1 is 0.647 bits per heavy atom. The van der Waals surface area contributed by atoms with Crippen LogP contribution in [-0.4, -0.2) is 6.16 Å². The Morgan fingerprint density at radius 3 is 1.47 bits per heavy atom. The van der Waals surface area contributed by atoms with Crippen molar-refractivity contribution in [3.05, 3.63) is 0 Å². The third kappa shape index (κ3) is 8.20. The third-order valence-corrected chi connectivity index (χ3v) is 5.07. The van der Waals surface area contributed by atoms with Gasteiger partial charge in [0.15, 0.2) is 0 Å². The molecule has 0 fully saturated rings. The summed E-state index contributed by atoms with van der Waals surface area (Å²) in [6, 6.07) is 0. The minimum Gasteiger partial charge on any atom is -0.138 e. The van der Waals surface area contributed by atoms with Crippen LogP contribution in [0.3, 0.4) is 0 Å². The van der Waals surface area contributed by atoms with Gasteiger partial charge in [0.05, 0.1) is 0 Å². The van der Waals surface area contributed by atoms with Crippen molar-refractivity contribution in [2.24, 2.45) is 5.41 Å². The molecule has 0 heterocycles. The van der Waals surface area contributed by atoms with Crippen LogP contribution in [0.2, 0.25) is 0 Å². The molecule has 0 N–H and O–H groups in total. The quantitative estimate of drug-likeness (QED) is 0.289. The highest BCUT2D eigenvalue weighted by Crippen LogP contribution is 2.36. The van der Waals surface area contributed by atoms with E-state index in [0.29, 0.717) is 5.41 Å². The lowest BCUT2D eigenvalue weighted by atomic mass is 9.75. The minimum absolute atomic E-state index is 0.666. The van der Waals surface area contributed by atoms with Gasteiger partial charge in [0.1, 0.15) is 0 Å². The molecule has 0 saturated heterocycles. The molecule has 0 rings (SSSR count). The fourth-order valence-corrected chi connectivity index (χ4v) is 3.10. The highest BCUT2D eigenvalue weighted by Gasteiger charge is 2.22. The maximum absolute atomic E-state index is 2.82. The van der Waals surface area contributed by atoms with Crippen LogP contribution in [0.25, 0.3) is 0 Å². The summed E-state index contributed by atoms with van der Waals surface area (Å²) in [7, 11) is 2.82. The van der Waals surface area contributed by atoms with Gasteiger partial charge in [-0.05, 0) is 24.4 Å². The molecule has 0 spiro atoms. The smallest absolute Gasteiger partial charge is 0.0305 e. The Balaban J connectivity index is 3.43. The molecule has 0 amide bonds. The highest BCUT2D eigenvalue weighted by atomic mass is 31.0. The summed E-state index contributed by atoms with van der Waals surface area (Å²) >= 11 is 0. The fourth-order valence-electron chi connectivity index (χ4n) is 2.81. The van der Waals surface area contributed by atoms with Crippen molar-refractivity contribution in [3.63, 3.8) is 0 Å². The van der Waals surface area contributed by atoms with Crippen LogP contribution in [0, 0.1) is 5.41 Å². The molecule has 0 aliphatic carbocycles. The molecule has 0 nitrogen and oxygen atoms in total. The zero-order valence-electron chi connectivity index (χ0n) is 12.6. The van der Waals surface area contributed by atoms with E-state index in [1.165, 1.54) is 76.8 Å². The van der Waals surface area contributed by atoms with Crippen LogP contribution < -0.4 is 0 Å². The van der Waals surface area contributed by atoms with Crippen molar-refractivity contribution >= 4 is 9.24 Å². The van der Waals surface area contributed by atoms with Gasteiger partial charge in [-0.25, -0.2) is 0 Å². The Kier molecular flexibility index (Phi) is 11.8. The SMILES string of the molecule is CCC(CC)(CC)CCCCCCCCCP. The second kappa shape index (κ2) is 11.5. The van der Waals surface area contributed by atoms with E-state index < -0.39 is 0 Å². The lowest BCUT2D eigenvalue weighted by molar-refractivity contribution is 0.220. The molecule has 104 valence electrons. The molecule has 17 heavy (non-hydrogen) atoms. The maximum atomic E-state index is 2.82. The molecule has 0 saturated carbocycles. The fraction of sp³-hybridized carbons (Fsp3) is 1.00. The van der Waals surface area contributed by atoms with Crippen molar-refractivity contribution in [1.29, 1.82) is 0 Å². The van der Waals surface area contributed by atoms with Crippen LogP contribution in [-0.2, 0) is 0 Å². The molecule has 1 heteroatoms. The molecule has 0 aromatic heterocycles. The van der Waals surface area contributed by atoms with Crippen molar-refractivity contribution in [2.75, 3.05) is 6.16 Å². The predicted molar refractivity (Wildman–Crippen MR) is 84.8 cm³/mol. The monoisotopic (exact) mass is 258 g/mol. The molecule has 0 aromatic carbocycles. The molecule has 1 atom stereocenters. The standard InChI is InChI=1S/C16H35P/c1-4-16(5-2,6-3)14-12-10-8-7-9-11-13-15-17/h4-15,17H2,1-3H3. The summed E-state index contributed by atoms with van der Waals surface area (Å²) in [5, 5.41) is 0. The average Bonchev–Trinajstić information content (AvgIpc) is 2.38. The van der Waals surface area contributed by atoms with Crippen LogP contribution in [0.1, 0.15) is 91.4 Å². The molecule has 0 aliphatic heterocycles. The Morgan fingerprint density at radius 2 is 1.06 bits per heavy atom. The van der Waals surface area contributed by atoms with Crippen LogP contribution >= 0.6 is 9.24 Å².